The van der Waals surface area contributed by atoms with Gasteiger partial charge in [0.2, 0.25) is 0 Å². The summed E-state index contributed by atoms with van der Waals surface area (Å²) in [7, 11) is 0. The highest BCUT2D eigenvalue weighted by Crippen LogP contribution is 2.27. The molecule has 0 N–H and O–H groups in total. The molecule has 1 aliphatic heterocycles. The van der Waals surface area contributed by atoms with Crippen LogP contribution in [0.15, 0.2) is 54.7 Å². The van der Waals surface area contributed by atoms with Gasteiger partial charge in [0.05, 0.1) is 5.52 Å². The van der Waals surface area contributed by atoms with Crippen LogP contribution in [0.2, 0.25) is 0 Å². The molecule has 2 aliphatic rings. The van der Waals surface area contributed by atoms with E-state index >= 15 is 0 Å². The molecule has 0 atom stereocenters. The summed E-state index contributed by atoms with van der Waals surface area (Å²) < 4.78 is 15.6. The molecule has 2 aromatic carbocycles. The molecular weight excluding hydrogens is 397 g/mol. The summed E-state index contributed by atoms with van der Waals surface area (Å²) in [5, 5.41) is 1.32. The van der Waals surface area contributed by atoms with Crippen LogP contribution in [0, 0.1) is 5.82 Å². The number of nitrogens with zero attached hydrogens (tertiary/aromatic N) is 3. The first-order valence-corrected chi connectivity index (χ1v) is 12.6. The monoisotopic (exact) mass is 433 g/mol. The Balaban J connectivity index is 1.14. The Morgan fingerprint density at radius 2 is 1.56 bits per heavy atom. The van der Waals surface area contributed by atoms with Crippen molar-refractivity contribution in [3.63, 3.8) is 0 Å². The maximum Gasteiger partial charge on any atom is 0.123 e. The zero-order valence-electron chi connectivity index (χ0n) is 19.2. The minimum Gasteiger partial charge on any atom is -0.316 e. The quantitative estimate of drug-likeness (QED) is 0.421. The van der Waals surface area contributed by atoms with Crippen molar-refractivity contribution in [1.29, 1.82) is 0 Å². The van der Waals surface area contributed by atoms with E-state index in [1.807, 2.05) is 12.1 Å². The number of aryl methyl sites for hydroxylation is 1. The number of hydrogen-bond donors (Lipinski definition) is 0. The second-order valence-electron chi connectivity index (χ2n) is 9.64. The van der Waals surface area contributed by atoms with Crippen molar-refractivity contribution in [2.24, 2.45) is 0 Å². The molecule has 2 fully saturated rings. The van der Waals surface area contributed by atoms with Crippen LogP contribution >= 0.6 is 0 Å². The van der Waals surface area contributed by atoms with Gasteiger partial charge in [-0.25, -0.2) is 4.39 Å². The van der Waals surface area contributed by atoms with Gasteiger partial charge >= 0.3 is 0 Å². The van der Waals surface area contributed by atoms with Crippen molar-refractivity contribution >= 4 is 10.9 Å². The van der Waals surface area contributed by atoms with E-state index in [4.69, 9.17) is 0 Å². The predicted molar refractivity (Wildman–Crippen MR) is 131 cm³/mol. The fourth-order valence-electron chi connectivity index (χ4n) is 5.71. The van der Waals surface area contributed by atoms with Gasteiger partial charge in [-0.15, -0.1) is 0 Å². The van der Waals surface area contributed by atoms with Crippen LogP contribution in [0.25, 0.3) is 16.6 Å². The molecule has 32 heavy (non-hydrogen) atoms. The summed E-state index contributed by atoms with van der Waals surface area (Å²) in [5.74, 6) is -0.190. The number of aromatic nitrogens is 1. The van der Waals surface area contributed by atoms with Gasteiger partial charge in [-0.1, -0.05) is 37.5 Å². The van der Waals surface area contributed by atoms with Crippen LogP contribution in [0.5, 0.6) is 0 Å². The zero-order valence-corrected chi connectivity index (χ0v) is 19.2. The van der Waals surface area contributed by atoms with Crippen LogP contribution < -0.4 is 0 Å². The van der Waals surface area contributed by atoms with Gasteiger partial charge in [0, 0.05) is 49.5 Å². The van der Waals surface area contributed by atoms with Gasteiger partial charge < -0.3 is 9.47 Å². The first kappa shape index (κ1) is 21.7. The van der Waals surface area contributed by atoms with Crippen molar-refractivity contribution in [1.82, 2.24) is 14.4 Å². The average molecular weight is 434 g/mol. The van der Waals surface area contributed by atoms with Gasteiger partial charge in [-0.2, -0.15) is 0 Å². The molecule has 0 amide bonds. The van der Waals surface area contributed by atoms with Crippen LogP contribution in [0.1, 0.15) is 50.5 Å². The number of unbranched alkanes of at least 4 members (excludes halogenated alkanes) is 1. The van der Waals surface area contributed by atoms with Crippen molar-refractivity contribution in [3.05, 3.63) is 66.1 Å². The Kier molecular flexibility index (Phi) is 6.89. The van der Waals surface area contributed by atoms with Crippen molar-refractivity contribution in [3.8, 4) is 5.69 Å². The van der Waals surface area contributed by atoms with E-state index in [9.17, 15) is 4.39 Å². The first-order valence-electron chi connectivity index (χ1n) is 12.6. The standard InChI is InChI=1S/C28H36FN3/c29-24-13-15-26(16-14-24)32-22-23(27-11-4-5-12-28(27)32)8-6-7-17-30-18-20-31(21-19-30)25-9-2-1-3-10-25/h4-5,11-16,22,25H,1-3,6-10,17-21H2. The number of piperazine rings is 1. The van der Waals surface area contributed by atoms with Gasteiger partial charge in [-0.05, 0) is 74.5 Å². The van der Waals surface area contributed by atoms with E-state index in [0.717, 1.165) is 18.2 Å². The molecule has 1 aromatic heterocycles. The molecular formula is C28H36FN3. The molecule has 5 rings (SSSR count). The smallest absolute Gasteiger partial charge is 0.123 e. The highest BCUT2D eigenvalue weighted by atomic mass is 19.1. The zero-order chi connectivity index (χ0) is 21.8. The Morgan fingerprint density at radius 3 is 2.34 bits per heavy atom. The third-order valence-corrected chi connectivity index (χ3v) is 7.57. The molecule has 170 valence electrons. The molecule has 3 nitrogen and oxygen atoms in total. The fourth-order valence-corrected chi connectivity index (χ4v) is 5.71. The lowest BCUT2D eigenvalue weighted by Gasteiger charge is -2.40. The lowest BCUT2D eigenvalue weighted by molar-refractivity contribution is 0.0782. The normalized spacial score (nSPS) is 19.0. The van der Waals surface area contributed by atoms with E-state index in [0.29, 0.717) is 0 Å². The third-order valence-electron chi connectivity index (χ3n) is 7.57. The molecule has 2 heterocycles. The molecule has 1 saturated carbocycles. The summed E-state index contributed by atoms with van der Waals surface area (Å²) in [4.78, 5) is 5.43. The van der Waals surface area contributed by atoms with E-state index in [2.05, 4.69) is 44.8 Å². The van der Waals surface area contributed by atoms with Crippen molar-refractivity contribution in [2.75, 3.05) is 32.7 Å². The summed E-state index contributed by atoms with van der Waals surface area (Å²) >= 11 is 0. The second kappa shape index (κ2) is 10.2. The van der Waals surface area contributed by atoms with Crippen molar-refractivity contribution in [2.45, 2.75) is 57.4 Å². The SMILES string of the molecule is Fc1ccc(-n2cc(CCCCN3CCN(C4CCCCC4)CC3)c3ccccc32)cc1. The lowest BCUT2D eigenvalue weighted by Crippen LogP contribution is -2.50. The van der Waals surface area contributed by atoms with Gasteiger partial charge in [0.1, 0.15) is 5.82 Å². The molecule has 4 heteroatoms. The van der Waals surface area contributed by atoms with E-state index < -0.39 is 0 Å². The highest BCUT2D eigenvalue weighted by molar-refractivity contribution is 5.85. The number of fused-ring (bicyclic) bond motifs is 1. The molecule has 0 radical (unpaired) electrons. The maximum atomic E-state index is 13.4. The molecule has 0 bridgehead atoms. The Morgan fingerprint density at radius 1 is 0.812 bits per heavy atom. The number of hydrogen-bond acceptors (Lipinski definition) is 2. The number of rotatable bonds is 7. The maximum absolute atomic E-state index is 13.4. The lowest BCUT2D eigenvalue weighted by atomic mass is 9.94. The number of para-hydroxylation sites is 1. The highest BCUT2D eigenvalue weighted by Gasteiger charge is 2.24. The van der Waals surface area contributed by atoms with Crippen LogP contribution in [-0.4, -0.2) is 53.1 Å². The summed E-state index contributed by atoms with van der Waals surface area (Å²) in [6.45, 7) is 6.21. The summed E-state index contributed by atoms with van der Waals surface area (Å²) in [6, 6.07) is 16.2. The molecule has 1 saturated heterocycles. The Hall–Kier alpha value is -2.17. The van der Waals surface area contributed by atoms with E-state index in [1.54, 1.807) is 0 Å². The number of halogens is 1. The van der Waals surface area contributed by atoms with E-state index in [-0.39, 0.29) is 5.82 Å². The van der Waals surface area contributed by atoms with E-state index in [1.165, 1.54) is 106 Å². The van der Waals surface area contributed by atoms with Gasteiger partial charge in [0.15, 0.2) is 0 Å². The topological polar surface area (TPSA) is 11.4 Å². The predicted octanol–water partition coefficient (Wildman–Crippen LogP) is 6.04. The molecule has 0 spiro atoms. The second-order valence-corrected chi connectivity index (χ2v) is 9.64. The average Bonchev–Trinajstić information content (AvgIpc) is 3.22. The van der Waals surface area contributed by atoms with Crippen LogP contribution in [-0.2, 0) is 6.42 Å². The minimum atomic E-state index is -0.190. The van der Waals surface area contributed by atoms with Crippen LogP contribution in [0.4, 0.5) is 4.39 Å². The third kappa shape index (κ3) is 4.92. The molecule has 0 unspecified atom stereocenters. The van der Waals surface area contributed by atoms with Gasteiger partial charge in [-0.3, -0.25) is 4.90 Å². The minimum absolute atomic E-state index is 0.190. The van der Waals surface area contributed by atoms with Gasteiger partial charge in [0.25, 0.3) is 0 Å². The van der Waals surface area contributed by atoms with Crippen molar-refractivity contribution < 1.29 is 4.39 Å². The number of benzene rings is 2. The Bertz CT molecular complexity index is 995. The Labute approximate surface area is 191 Å². The summed E-state index contributed by atoms with van der Waals surface area (Å²) in [6.07, 6.45) is 13.0. The largest absolute Gasteiger partial charge is 0.316 e. The summed E-state index contributed by atoms with van der Waals surface area (Å²) in [5.41, 5.74) is 3.62. The molecule has 1 aliphatic carbocycles. The first-order chi connectivity index (χ1) is 15.8. The molecule has 3 aromatic rings. The van der Waals surface area contributed by atoms with Crippen LogP contribution in [0.3, 0.4) is 0 Å². The fraction of sp³-hybridized carbons (Fsp3) is 0.500.